The van der Waals surface area contributed by atoms with Gasteiger partial charge in [0, 0.05) is 0 Å². The molecule has 1 rings (SSSR count). The predicted octanol–water partition coefficient (Wildman–Crippen LogP) is 5.68. The number of hydrogen-bond donors (Lipinski definition) is 1. The van der Waals surface area contributed by atoms with Crippen molar-refractivity contribution < 1.29 is 9.90 Å². The minimum absolute atomic E-state index is 0.0627. The minimum atomic E-state index is -0.750. The maximum atomic E-state index is 10.6. The van der Waals surface area contributed by atoms with E-state index in [0.29, 0.717) is 0 Å². The monoisotopic (exact) mass is 302 g/mol. The summed E-state index contributed by atoms with van der Waals surface area (Å²) in [7, 11) is 0. The van der Waals surface area contributed by atoms with Gasteiger partial charge in [0.15, 0.2) is 0 Å². The second-order valence-corrected chi connectivity index (χ2v) is 7.14. The number of carbonyl (C=O) groups is 1. The number of rotatable bonds is 6. The van der Waals surface area contributed by atoms with E-state index in [1.807, 2.05) is 25.2 Å². The van der Waals surface area contributed by atoms with Crippen molar-refractivity contribution >= 4 is 5.97 Å². The third-order valence-electron chi connectivity index (χ3n) is 4.35. The Kier molecular flexibility index (Phi) is 6.86. The number of allylic oxidation sites excluding steroid dienone is 8. The van der Waals surface area contributed by atoms with Gasteiger partial charge in [-0.15, -0.1) is 0 Å². The molecule has 0 aliphatic heterocycles. The molecule has 0 saturated heterocycles. The van der Waals surface area contributed by atoms with Crippen LogP contribution in [0.4, 0.5) is 0 Å². The summed E-state index contributed by atoms with van der Waals surface area (Å²) in [6.45, 7) is 10.9. The highest BCUT2D eigenvalue weighted by atomic mass is 16.4. The van der Waals surface area contributed by atoms with E-state index >= 15 is 0 Å². The van der Waals surface area contributed by atoms with Gasteiger partial charge in [-0.3, -0.25) is 4.79 Å². The van der Waals surface area contributed by atoms with E-state index in [-0.39, 0.29) is 17.8 Å². The van der Waals surface area contributed by atoms with Crippen LogP contribution in [-0.4, -0.2) is 11.1 Å². The van der Waals surface area contributed by atoms with E-state index < -0.39 is 5.97 Å². The summed E-state index contributed by atoms with van der Waals surface area (Å²) < 4.78 is 0. The van der Waals surface area contributed by atoms with Gasteiger partial charge in [-0.05, 0) is 50.0 Å². The Balaban J connectivity index is 2.71. The molecule has 0 aromatic rings. The molecule has 0 heterocycles. The van der Waals surface area contributed by atoms with Crippen LogP contribution in [0, 0.1) is 11.3 Å². The van der Waals surface area contributed by atoms with Crippen LogP contribution in [0.5, 0.6) is 0 Å². The average Bonchev–Trinajstić information content (AvgIpc) is 2.36. The molecule has 2 heteroatoms. The molecule has 0 unspecified atom stereocenters. The highest BCUT2D eigenvalue weighted by Crippen LogP contribution is 2.40. The van der Waals surface area contributed by atoms with Crippen LogP contribution >= 0.6 is 0 Å². The predicted molar refractivity (Wildman–Crippen MR) is 93.8 cm³/mol. The molecule has 1 atom stereocenters. The fraction of sp³-hybridized carbons (Fsp3) is 0.550. The smallest absolute Gasteiger partial charge is 0.303 e. The standard InChI is InChI=1S/C20H30O2/c1-15(8-6-9-16(2)14-19(21)22)11-12-18-17(3)10-7-13-20(18,4)5/h6,8-9,11-12,16H,7,10,13-14H2,1-5H3,(H,21,22)/b9-6+,12-11+,15-8-/t16-/m1/s1. The van der Waals surface area contributed by atoms with Crippen LogP contribution in [0.2, 0.25) is 0 Å². The molecule has 1 N–H and O–H groups in total. The van der Waals surface area contributed by atoms with Gasteiger partial charge in [0.05, 0.1) is 6.42 Å². The number of carboxylic acids is 1. The van der Waals surface area contributed by atoms with Crippen molar-refractivity contribution in [3.05, 3.63) is 47.1 Å². The number of hydrogen-bond acceptors (Lipinski definition) is 1. The van der Waals surface area contributed by atoms with Gasteiger partial charge in [0.1, 0.15) is 0 Å². The summed E-state index contributed by atoms with van der Waals surface area (Å²) in [5.74, 6) is -0.688. The molecule has 122 valence electrons. The maximum absolute atomic E-state index is 10.6. The zero-order valence-electron chi connectivity index (χ0n) is 14.6. The van der Waals surface area contributed by atoms with Gasteiger partial charge >= 0.3 is 5.97 Å². The Morgan fingerprint density at radius 2 is 2.09 bits per heavy atom. The van der Waals surface area contributed by atoms with Crippen molar-refractivity contribution in [1.29, 1.82) is 0 Å². The first-order valence-corrected chi connectivity index (χ1v) is 8.17. The van der Waals surface area contributed by atoms with E-state index in [9.17, 15) is 4.79 Å². The Labute approximate surface area is 135 Å². The topological polar surface area (TPSA) is 37.3 Å². The van der Waals surface area contributed by atoms with Gasteiger partial charge in [0.25, 0.3) is 0 Å². The van der Waals surface area contributed by atoms with Crippen LogP contribution < -0.4 is 0 Å². The number of carboxylic acid groups (broad SMARTS) is 1. The van der Waals surface area contributed by atoms with Crippen molar-refractivity contribution in [3.63, 3.8) is 0 Å². The van der Waals surface area contributed by atoms with Gasteiger partial charge in [-0.1, -0.05) is 62.3 Å². The molecule has 0 saturated carbocycles. The normalized spacial score (nSPS) is 20.9. The van der Waals surface area contributed by atoms with Crippen molar-refractivity contribution in [2.45, 2.75) is 60.3 Å². The van der Waals surface area contributed by atoms with Crippen LogP contribution in [-0.2, 0) is 4.79 Å². The molecule has 0 fully saturated rings. The van der Waals surface area contributed by atoms with Gasteiger partial charge in [0.2, 0.25) is 0 Å². The van der Waals surface area contributed by atoms with Crippen LogP contribution in [0.15, 0.2) is 47.1 Å². The molecule has 0 amide bonds. The zero-order chi connectivity index (χ0) is 16.8. The first-order chi connectivity index (χ1) is 10.2. The van der Waals surface area contributed by atoms with E-state index in [0.717, 1.165) is 0 Å². The Morgan fingerprint density at radius 3 is 2.68 bits per heavy atom. The van der Waals surface area contributed by atoms with E-state index in [2.05, 4.69) is 39.8 Å². The Bertz CT molecular complexity index is 516. The van der Waals surface area contributed by atoms with Crippen LogP contribution in [0.25, 0.3) is 0 Å². The fourth-order valence-electron chi connectivity index (χ4n) is 3.02. The summed E-state index contributed by atoms with van der Waals surface area (Å²) in [6, 6.07) is 0. The van der Waals surface area contributed by atoms with Crippen molar-refractivity contribution in [1.82, 2.24) is 0 Å². The summed E-state index contributed by atoms with van der Waals surface area (Å²) >= 11 is 0. The molecule has 0 spiro atoms. The molecule has 0 bridgehead atoms. The Hall–Kier alpha value is -1.57. The third kappa shape index (κ3) is 6.05. The summed E-state index contributed by atoms with van der Waals surface area (Å²) in [4.78, 5) is 10.6. The van der Waals surface area contributed by atoms with E-state index in [1.54, 1.807) is 0 Å². The first-order valence-electron chi connectivity index (χ1n) is 8.17. The van der Waals surface area contributed by atoms with Gasteiger partial charge in [-0.2, -0.15) is 0 Å². The lowest BCUT2D eigenvalue weighted by Crippen LogP contribution is -2.19. The molecule has 2 nitrogen and oxygen atoms in total. The second kappa shape index (κ2) is 8.17. The van der Waals surface area contributed by atoms with Crippen molar-refractivity contribution in [3.8, 4) is 0 Å². The lowest BCUT2D eigenvalue weighted by Gasteiger charge is -2.32. The molecule has 1 aliphatic carbocycles. The molecule has 1 aliphatic rings. The summed E-state index contributed by atoms with van der Waals surface area (Å²) in [5, 5.41) is 8.73. The van der Waals surface area contributed by atoms with Crippen molar-refractivity contribution in [2.24, 2.45) is 11.3 Å². The molecule has 0 aromatic carbocycles. The highest BCUT2D eigenvalue weighted by molar-refractivity contribution is 5.67. The van der Waals surface area contributed by atoms with E-state index in [4.69, 9.17) is 5.11 Å². The zero-order valence-corrected chi connectivity index (χ0v) is 14.6. The molecule has 0 radical (unpaired) electrons. The minimum Gasteiger partial charge on any atom is -0.481 e. The average molecular weight is 302 g/mol. The molecular formula is C20H30O2. The van der Waals surface area contributed by atoms with Gasteiger partial charge in [-0.25, -0.2) is 0 Å². The highest BCUT2D eigenvalue weighted by Gasteiger charge is 2.26. The van der Waals surface area contributed by atoms with Crippen molar-refractivity contribution in [2.75, 3.05) is 0 Å². The quantitative estimate of drug-likeness (QED) is 0.641. The molecule has 22 heavy (non-hydrogen) atoms. The maximum Gasteiger partial charge on any atom is 0.303 e. The SMILES string of the molecule is CC1=C(/C=C/C(C)=C\C=C\[C@@H](C)CC(=O)O)C(C)(C)CCC1. The van der Waals surface area contributed by atoms with Crippen LogP contribution in [0.1, 0.15) is 60.3 Å². The van der Waals surface area contributed by atoms with E-state index in [1.165, 1.54) is 36.0 Å². The fourth-order valence-corrected chi connectivity index (χ4v) is 3.02. The van der Waals surface area contributed by atoms with Crippen LogP contribution in [0.3, 0.4) is 0 Å². The molecular weight excluding hydrogens is 272 g/mol. The summed E-state index contributed by atoms with van der Waals surface area (Å²) in [5.41, 5.74) is 4.42. The Morgan fingerprint density at radius 1 is 1.41 bits per heavy atom. The lowest BCUT2D eigenvalue weighted by molar-refractivity contribution is -0.137. The second-order valence-electron chi connectivity index (χ2n) is 7.14. The number of aliphatic carboxylic acids is 1. The molecule has 0 aromatic heterocycles. The largest absolute Gasteiger partial charge is 0.481 e. The lowest BCUT2D eigenvalue weighted by atomic mass is 9.72. The first kappa shape index (κ1) is 18.5. The van der Waals surface area contributed by atoms with Gasteiger partial charge < -0.3 is 5.11 Å². The third-order valence-corrected chi connectivity index (χ3v) is 4.35. The summed E-state index contributed by atoms with van der Waals surface area (Å²) in [6.07, 6.45) is 14.3.